The zero-order valence-electron chi connectivity index (χ0n) is 7.46. The molecule has 1 aromatic heterocycles. The molecule has 0 N–H and O–H groups in total. The van der Waals surface area contributed by atoms with E-state index in [0.717, 1.165) is 5.56 Å². The molecule has 66 valence electrons. The van der Waals surface area contributed by atoms with Crippen molar-refractivity contribution in [1.82, 2.24) is 0 Å². The highest BCUT2D eigenvalue weighted by Crippen LogP contribution is 2.26. The van der Waals surface area contributed by atoms with Gasteiger partial charge < -0.3 is 0 Å². The average Bonchev–Trinajstić information content (AvgIpc) is 2.55. The molecule has 0 saturated carbocycles. The Balaban J connectivity index is 2.86. The molecule has 0 atom stereocenters. The first-order chi connectivity index (χ1) is 5.58. The molecular weight excluding hydrogens is 188 g/mol. The van der Waals surface area contributed by atoms with E-state index < -0.39 is 0 Å². The summed E-state index contributed by atoms with van der Waals surface area (Å²) in [6, 6.07) is 1.88. The molecule has 3 heteroatoms. The minimum Gasteiger partial charge on any atom is -0.293 e. The summed E-state index contributed by atoms with van der Waals surface area (Å²) in [4.78, 5) is 11.7. The number of thioether (sulfide) groups is 1. The maximum Gasteiger partial charge on any atom is 0.179 e. The average molecular weight is 200 g/mol. The summed E-state index contributed by atoms with van der Waals surface area (Å²) in [5.41, 5.74) is 0.833. The number of hydrogen-bond acceptors (Lipinski definition) is 3. The fourth-order valence-electron chi connectivity index (χ4n) is 0.834. The number of hydrogen-bond donors (Lipinski definition) is 0. The first-order valence-electron chi connectivity index (χ1n) is 3.70. The number of ketones is 1. The molecule has 0 unspecified atom stereocenters. The summed E-state index contributed by atoms with van der Waals surface area (Å²) in [5.74, 6) is 0.219. The number of thiophene rings is 1. The van der Waals surface area contributed by atoms with Crippen molar-refractivity contribution in [2.24, 2.45) is 0 Å². The lowest BCUT2D eigenvalue weighted by Gasteiger charge is -2.19. The van der Waals surface area contributed by atoms with Crippen LogP contribution in [0.5, 0.6) is 0 Å². The van der Waals surface area contributed by atoms with E-state index in [0.29, 0.717) is 0 Å². The largest absolute Gasteiger partial charge is 0.293 e. The van der Waals surface area contributed by atoms with Crippen LogP contribution in [-0.2, 0) is 0 Å². The molecule has 1 rings (SSSR count). The molecule has 1 nitrogen and oxygen atoms in total. The van der Waals surface area contributed by atoms with Crippen LogP contribution in [0.1, 0.15) is 24.2 Å². The summed E-state index contributed by atoms with van der Waals surface area (Å²) in [6.07, 6.45) is 1.96. The van der Waals surface area contributed by atoms with Crippen molar-refractivity contribution >= 4 is 28.9 Å². The highest BCUT2D eigenvalue weighted by molar-refractivity contribution is 8.00. The van der Waals surface area contributed by atoms with Gasteiger partial charge in [-0.25, -0.2) is 0 Å². The zero-order chi connectivity index (χ0) is 9.19. The van der Waals surface area contributed by atoms with Crippen molar-refractivity contribution in [3.05, 3.63) is 22.4 Å². The van der Waals surface area contributed by atoms with Gasteiger partial charge in [0.05, 0.1) is 4.75 Å². The van der Waals surface area contributed by atoms with E-state index in [1.165, 1.54) is 0 Å². The van der Waals surface area contributed by atoms with Gasteiger partial charge in [-0.1, -0.05) is 0 Å². The Morgan fingerprint density at radius 2 is 2.25 bits per heavy atom. The van der Waals surface area contributed by atoms with Gasteiger partial charge in [0.2, 0.25) is 0 Å². The van der Waals surface area contributed by atoms with Gasteiger partial charge in [0.25, 0.3) is 0 Å². The molecule has 0 aliphatic carbocycles. The summed E-state index contributed by atoms with van der Waals surface area (Å²) < 4.78 is -0.291. The van der Waals surface area contributed by atoms with Crippen molar-refractivity contribution in [1.29, 1.82) is 0 Å². The van der Waals surface area contributed by atoms with E-state index in [4.69, 9.17) is 0 Å². The first-order valence-corrected chi connectivity index (χ1v) is 5.87. The summed E-state index contributed by atoms with van der Waals surface area (Å²) >= 11 is 3.15. The van der Waals surface area contributed by atoms with Gasteiger partial charge in [0, 0.05) is 10.9 Å². The van der Waals surface area contributed by atoms with Crippen LogP contribution < -0.4 is 0 Å². The van der Waals surface area contributed by atoms with Crippen molar-refractivity contribution in [2.45, 2.75) is 18.6 Å². The van der Waals surface area contributed by atoms with Crippen LogP contribution in [0, 0.1) is 0 Å². The van der Waals surface area contributed by atoms with Gasteiger partial charge >= 0.3 is 0 Å². The van der Waals surface area contributed by atoms with E-state index in [-0.39, 0.29) is 10.5 Å². The van der Waals surface area contributed by atoms with Crippen LogP contribution in [0.4, 0.5) is 0 Å². The van der Waals surface area contributed by atoms with Crippen molar-refractivity contribution in [3.8, 4) is 0 Å². The van der Waals surface area contributed by atoms with Gasteiger partial charge in [-0.05, 0) is 31.5 Å². The van der Waals surface area contributed by atoms with Crippen LogP contribution in [0.25, 0.3) is 0 Å². The molecule has 0 fully saturated rings. The van der Waals surface area contributed by atoms with Crippen LogP contribution >= 0.6 is 23.1 Å². The molecule has 1 aromatic rings. The van der Waals surface area contributed by atoms with Crippen molar-refractivity contribution < 1.29 is 4.79 Å². The van der Waals surface area contributed by atoms with Crippen LogP contribution in [0.2, 0.25) is 0 Å². The zero-order valence-corrected chi connectivity index (χ0v) is 9.09. The Morgan fingerprint density at radius 1 is 1.58 bits per heavy atom. The Hall–Kier alpha value is -0.280. The summed E-state index contributed by atoms with van der Waals surface area (Å²) in [6.45, 7) is 3.91. The van der Waals surface area contributed by atoms with Crippen LogP contribution in [-0.4, -0.2) is 16.8 Å². The lowest BCUT2D eigenvalue weighted by atomic mass is 10.0. The molecule has 0 aliphatic heterocycles. The molecule has 1 heterocycles. The highest BCUT2D eigenvalue weighted by atomic mass is 32.2. The fraction of sp³-hybridized carbons (Fsp3) is 0.444. The summed E-state index contributed by atoms with van der Waals surface area (Å²) in [7, 11) is 0. The van der Waals surface area contributed by atoms with Gasteiger partial charge in [-0.3, -0.25) is 4.79 Å². The number of carbonyl (C=O) groups excluding carboxylic acids is 1. The summed E-state index contributed by atoms with van der Waals surface area (Å²) in [5, 5.41) is 3.84. The van der Waals surface area contributed by atoms with E-state index in [1.807, 2.05) is 36.9 Å². The van der Waals surface area contributed by atoms with Crippen molar-refractivity contribution in [2.75, 3.05) is 6.26 Å². The van der Waals surface area contributed by atoms with Gasteiger partial charge in [0.1, 0.15) is 0 Å². The molecular formula is C9H12OS2. The molecule has 0 bridgehead atoms. The smallest absolute Gasteiger partial charge is 0.179 e. The van der Waals surface area contributed by atoms with Crippen LogP contribution in [0.15, 0.2) is 16.8 Å². The third-order valence-electron chi connectivity index (χ3n) is 1.84. The third kappa shape index (κ3) is 1.90. The quantitative estimate of drug-likeness (QED) is 0.697. The molecule has 0 spiro atoms. The molecule has 0 radical (unpaired) electrons. The topological polar surface area (TPSA) is 17.1 Å². The highest BCUT2D eigenvalue weighted by Gasteiger charge is 2.27. The maximum absolute atomic E-state index is 11.7. The van der Waals surface area contributed by atoms with Crippen molar-refractivity contribution in [3.63, 3.8) is 0 Å². The minimum absolute atomic E-state index is 0.219. The standard InChI is InChI=1S/C9H12OS2/c1-9(2,11-3)8(10)7-4-5-12-6-7/h4-6H,1-3H3. The SMILES string of the molecule is CSC(C)(C)C(=O)c1ccsc1. The van der Waals surface area contributed by atoms with E-state index in [2.05, 4.69) is 0 Å². The Kier molecular flexibility index (Phi) is 2.96. The second-order valence-corrected chi connectivity index (χ2v) is 5.26. The predicted octanol–water partition coefficient (Wildman–Crippen LogP) is 3.07. The molecule has 0 amide bonds. The van der Waals surface area contributed by atoms with Gasteiger partial charge in [-0.15, -0.1) is 0 Å². The Morgan fingerprint density at radius 3 is 2.67 bits per heavy atom. The molecule has 0 aromatic carbocycles. The molecule has 0 aliphatic rings. The second kappa shape index (κ2) is 3.62. The molecule has 0 saturated heterocycles. The third-order valence-corrected chi connectivity index (χ3v) is 3.73. The lowest BCUT2D eigenvalue weighted by molar-refractivity contribution is 0.0959. The number of Topliss-reactive ketones (excluding diaryl/α,β-unsaturated/α-hetero) is 1. The van der Waals surface area contributed by atoms with E-state index >= 15 is 0 Å². The molecule has 12 heavy (non-hydrogen) atoms. The minimum atomic E-state index is -0.291. The lowest BCUT2D eigenvalue weighted by Crippen LogP contribution is -2.26. The maximum atomic E-state index is 11.7. The Bertz CT molecular complexity index is 262. The number of rotatable bonds is 3. The predicted molar refractivity (Wildman–Crippen MR) is 56.2 cm³/mol. The van der Waals surface area contributed by atoms with Crippen LogP contribution in [0.3, 0.4) is 0 Å². The first kappa shape index (κ1) is 9.81. The fourth-order valence-corrected chi connectivity index (χ4v) is 1.77. The van der Waals surface area contributed by atoms with E-state index in [9.17, 15) is 4.79 Å². The second-order valence-electron chi connectivity index (χ2n) is 3.06. The van der Waals surface area contributed by atoms with Gasteiger partial charge in [-0.2, -0.15) is 23.1 Å². The van der Waals surface area contributed by atoms with Gasteiger partial charge in [0.15, 0.2) is 5.78 Å². The van der Waals surface area contributed by atoms with E-state index in [1.54, 1.807) is 23.1 Å². The monoisotopic (exact) mass is 200 g/mol. The Labute approximate surface area is 81.2 Å². The number of carbonyl (C=O) groups is 1. The normalized spacial score (nSPS) is 11.6.